The molecule has 1 N–H and O–H groups in total. The van der Waals surface area contributed by atoms with E-state index < -0.39 is 15.8 Å². The van der Waals surface area contributed by atoms with Crippen LogP contribution < -0.4 is 4.72 Å². The Morgan fingerprint density at radius 3 is 2.32 bits per heavy atom. The van der Waals surface area contributed by atoms with Crippen LogP contribution in [0.25, 0.3) is 0 Å². The number of hydrogen-bond donors (Lipinski definition) is 1. The predicted octanol–water partition coefficient (Wildman–Crippen LogP) is 3.59. The lowest BCUT2D eigenvalue weighted by molar-refractivity contribution is 0.601. The first-order valence-corrected chi connectivity index (χ1v) is 7.29. The van der Waals surface area contributed by atoms with Gasteiger partial charge in [0.05, 0.1) is 15.6 Å². The third-order valence-electron chi connectivity index (χ3n) is 2.50. The van der Waals surface area contributed by atoms with Crippen molar-refractivity contribution in [2.75, 3.05) is 4.72 Å². The van der Waals surface area contributed by atoms with Crippen LogP contribution in [0.5, 0.6) is 0 Å². The molecule has 0 aliphatic heterocycles. The van der Waals surface area contributed by atoms with E-state index in [1.807, 2.05) is 6.92 Å². The first kappa shape index (κ1) is 13.8. The Morgan fingerprint density at radius 1 is 1.11 bits per heavy atom. The van der Waals surface area contributed by atoms with Crippen LogP contribution in [0.4, 0.5) is 10.1 Å². The summed E-state index contributed by atoms with van der Waals surface area (Å²) in [6.07, 6.45) is 0. The Hall–Kier alpha value is -1.59. The van der Waals surface area contributed by atoms with Crippen molar-refractivity contribution in [2.45, 2.75) is 11.8 Å². The lowest BCUT2D eigenvalue weighted by atomic mass is 10.2. The molecule has 0 aliphatic rings. The molecule has 0 fully saturated rings. The van der Waals surface area contributed by atoms with Gasteiger partial charge in [0.2, 0.25) is 0 Å². The standard InChI is InChI=1S/C13H11ClFNO2S/c1-9-2-5-11(6-3-9)19(17,18)16-10-4-7-13(15)12(14)8-10/h2-8,16H,1H3. The second kappa shape index (κ2) is 5.19. The summed E-state index contributed by atoms with van der Waals surface area (Å²) in [6, 6.07) is 10.1. The fourth-order valence-electron chi connectivity index (χ4n) is 1.49. The van der Waals surface area contributed by atoms with Crippen LogP contribution in [0.1, 0.15) is 5.56 Å². The third kappa shape index (κ3) is 3.24. The van der Waals surface area contributed by atoms with E-state index in [0.29, 0.717) is 0 Å². The van der Waals surface area contributed by atoms with Crippen molar-refractivity contribution in [1.82, 2.24) is 0 Å². The Bertz CT molecular complexity index is 699. The highest BCUT2D eigenvalue weighted by molar-refractivity contribution is 7.92. The third-order valence-corrected chi connectivity index (χ3v) is 4.19. The maximum Gasteiger partial charge on any atom is 0.261 e. The summed E-state index contributed by atoms with van der Waals surface area (Å²) in [6.45, 7) is 1.86. The molecule has 0 atom stereocenters. The van der Waals surface area contributed by atoms with Crippen molar-refractivity contribution >= 4 is 27.3 Å². The molecule has 0 heterocycles. The van der Waals surface area contributed by atoms with Gasteiger partial charge in [0.1, 0.15) is 5.82 Å². The van der Waals surface area contributed by atoms with Gasteiger partial charge in [0.15, 0.2) is 0 Å². The quantitative estimate of drug-likeness (QED) is 0.941. The second-order valence-electron chi connectivity index (χ2n) is 4.05. The zero-order valence-electron chi connectivity index (χ0n) is 10.0. The van der Waals surface area contributed by atoms with Gasteiger partial charge in [-0.15, -0.1) is 0 Å². The summed E-state index contributed by atoms with van der Waals surface area (Å²) in [4.78, 5) is 0.138. The summed E-state index contributed by atoms with van der Waals surface area (Å²) in [5.74, 6) is -0.597. The molecule has 0 saturated carbocycles. The minimum Gasteiger partial charge on any atom is -0.280 e. The molecule has 0 spiro atoms. The van der Waals surface area contributed by atoms with Crippen LogP contribution in [0, 0.1) is 12.7 Å². The summed E-state index contributed by atoms with van der Waals surface area (Å²) < 4.78 is 39.5. The van der Waals surface area contributed by atoms with Gasteiger partial charge >= 0.3 is 0 Å². The molecule has 0 aromatic heterocycles. The fourth-order valence-corrected chi connectivity index (χ4v) is 2.72. The Morgan fingerprint density at radius 2 is 1.74 bits per heavy atom. The molecule has 19 heavy (non-hydrogen) atoms. The van der Waals surface area contributed by atoms with Gasteiger partial charge in [-0.2, -0.15) is 0 Å². The molecular formula is C13H11ClFNO2S. The minimum atomic E-state index is -3.69. The molecule has 0 unspecified atom stereocenters. The number of halogens is 2. The number of rotatable bonds is 3. The zero-order chi connectivity index (χ0) is 14.0. The van der Waals surface area contributed by atoms with Crippen molar-refractivity contribution in [1.29, 1.82) is 0 Å². The average molecular weight is 300 g/mol. The highest BCUT2D eigenvalue weighted by Crippen LogP contribution is 2.22. The van der Waals surface area contributed by atoms with Gasteiger partial charge in [-0.3, -0.25) is 4.72 Å². The molecule has 0 bridgehead atoms. The summed E-state index contributed by atoms with van der Waals surface area (Å²) in [7, 11) is -3.69. The minimum absolute atomic E-state index is 0.135. The lowest BCUT2D eigenvalue weighted by Crippen LogP contribution is -2.12. The fraction of sp³-hybridized carbons (Fsp3) is 0.0769. The number of hydrogen-bond acceptors (Lipinski definition) is 2. The number of anilines is 1. The van der Waals surface area contributed by atoms with Crippen molar-refractivity contribution in [2.24, 2.45) is 0 Å². The first-order valence-electron chi connectivity index (χ1n) is 5.43. The highest BCUT2D eigenvalue weighted by atomic mass is 35.5. The van der Waals surface area contributed by atoms with Crippen molar-refractivity contribution in [3.8, 4) is 0 Å². The van der Waals surface area contributed by atoms with Gasteiger partial charge in [0, 0.05) is 0 Å². The molecule has 0 amide bonds. The topological polar surface area (TPSA) is 46.2 Å². The van der Waals surface area contributed by atoms with Crippen LogP contribution in [0.2, 0.25) is 5.02 Å². The van der Waals surface area contributed by atoms with Crippen LogP contribution >= 0.6 is 11.6 Å². The van der Waals surface area contributed by atoms with Crippen LogP contribution in [-0.2, 0) is 10.0 Å². The number of sulfonamides is 1. The van der Waals surface area contributed by atoms with Crippen LogP contribution in [0.3, 0.4) is 0 Å². The van der Waals surface area contributed by atoms with Crippen LogP contribution in [0.15, 0.2) is 47.4 Å². The summed E-state index contributed by atoms with van der Waals surface area (Å²) >= 11 is 5.60. The number of nitrogens with one attached hydrogen (secondary N) is 1. The molecule has 0 saturated heterocycles. The first-order chi connectivity index (χ1) is 8.88. The second-order valence-corrected chi connectivity index (χ2v) is 6.14. The maximum atomic E-state index is 13.0. The average Bonchev–Trinajstić information content (AvgIpc) is 2.34. The van der Waals surface area contributed by atoms with E-state index in [-0.39, 0.29) is 15.6 Å². The molecule has 6 heteroatoms. The van der Waals surface area contributed by atoms with E-state index in [0.717, 1.165) is 11.6 Å². The van der Waals surface area contributed by atoms with E-state index in [4.69, 9.17) is 11.6 Å². The smallest absolute Gasteiger partial charge is 0.261 e. The monoisotopic (exact) mass is 299 g/mol. The normalized spacial score (nSPS) is 11.3. The van der Waals surface area contributed by atoms with E-state index in [2.05, 4.69) is 4.72 Å². The van der Waals surface area contributed by atoms with Gasteiger partial charge in [0.25, 0.3) is 10.0 Å². The number of aryl methyl sites for hydroxylation is 1. The Kier molecular flexibility index (Phi) is 3.78. The Labute approximate surface area is 116 Å². The zero-order valence-corrected chi connectivity index (χ0v) is 11.6. The molecular weight excluding hydrogens is 289 g/mol. The molecule has 0 aliphatic carbocycles. The van der Waals surface area contributed by atoms with Gasteiger partial charge in [-0.1, -0.05) is 29.3 Å². The van der Waals surface area contributed by atoms with Crippen LogP contribution in [-0.4, -0.2) is 8.42 Å². The SMILES string of the molecule is Cc1ccc(S(=O)(=O)Nc2ccc(F)c(Cl)c2)cc1. The van der Waals surface area contributed by atoms with Gasteiger partial charge in [-0.25, -0.2) is 12.8 Å². The highest BCUT2D eigenvalue weighted by Gasteiger charge is 2.14. The van der Waals surface area contributed by atoms with E-state index in [1.165, 1.54) is 24.3 Å². The molecule has 2 aromatic rings. The summed E-state index contributed by atoms with van der Waals surface area (Å²) in [5, 5.41) is -0.135. The number of benzene rings is 2. The maximum absolute atomic E-state index is 13.0. The molecule has 100 valence electrons. The summed E-state index contributed by atoms with van der Waals surface area (Å²) in [5.41, 5.74) is 1.18. The Balaban J connectivity index is 2.30. The lowest BCUT2D eigenvalue weighted by Gasteiger charge is -2.08. The van der Waals surface area contributed by atoms with Crippen molar-refractivity contribution < 1.29 is 12.8 Å². The van der Waals surface area contributed by atoms with Gasteiger partial charge < -0.3 is 0 Å². The van der Waals surface area contributed by atoms with E-state index in [1.54, 1.807) is 12.1 Å². The molecule has 2 rings (SSSR count). The molecule has 0 radical (unpaired) electrons. The van der Waals surface area contributed by atoms with Crippen molar-refractivity contribution in [3.05, 3.63) is 58.9 Å². The molecule has 2 aromatic carbocycles. The van der Waals surface area contributed by atoms with E-state index >= 15 is 0 Å². The molecule has 3 nitrogen and oxygen atoms in total. The van der Waals surface area contributed by atoms with Crippen molar-refractivity contribution in [3.63, 3.8) is 0 Å². The van der Waals surface area contributed by atoms with E-state index in [9.17, 15) is 12.8 Å². The van der Waals surface area contributed by atoms with Gasteiger partial charge in [-0.05, 0) is 37.3 Å². The predicted molar refractivity (Wildman–Crippen MR) is 73.4 cm³/mol. The largest absolute Gasteiger partial charge is 0.280 e.